The highest BCUT2D eigenvalue weighted by atomic mass is 32.2. The molecule has 0 spiro atoms. The second kappa shape index (κ2) is 13.5. The van der Waals surface area contributed by atoms with E-state index in [1.54, 1.807) is 55.5 Å². The Kier molecular flexibility index (Phi) is 9.63. The lowest BCUT2D eigenvalue weighted by molar-refractivity contribution is -0.113. The van der Waals surface area contributed by atoms with Crippen molar-refractivity contribution in [1.29, 1.82) is 5.26 Å². The molecule has 3 amide bonds. The number of para-hydroxylation sites is 1. The third-order valence-corrected chi connectivity index (χ3v) is 8.07. The first-order valence-electron chi connectivity index (χ1n) is 12.3. The summed E-state index contributed by atoms with van der Waals surface area (Å²) in [4.78, 5) is 39.7. The lowest BCUT2D eigenvalue weighted by Crippen LogP contribution is -2.15. The van der Waals surface area contributed by atoms with Crippen molar-refractivity contribution < 1.29 is 23.9 Å². The number of thiophene rings is 1. The largest absolute Gasteiger partial charge is 0.496 e. The van der Waals surface area contributed by atoms with Gasteiger partial charge in [-0.1, -0.05) is 30.3 Å². The highest BCUT2D eigenvalue weighted by molar-refractivity contribution is 8.00. The van der Waals surface area contributed by atoms with Gasteiger partial charge in [0.2, 0.25) is 5.91 Å². The fourth-order valence-corrected chi connectivity index (χ4v) is 5.73. The normalized spacial score (nSPS) is 10.3. The molecule has 4 rings (SSSR count). The van der Waals surface area contributed by atoms with Crippen molar-refractivity contribution in [3.63, 3.8) is 0 Å². The first-order chi connectivity index (χ1) is 19.8. The first-order valence-corrected chi connectivity index (χ1v) is 14.1. The molecule has 1 aromatic heterocycles. The first kappa shape index (κ1) is 29.2. The highest BCUT2D eigenvalue weighted by Gasteiger charge is 2.22. The van der Waals surface area contributed by atoms with E-state index in [1.807, 2.05) is 24.3 Å². The number of benzene rings is 3. The molecule has 3 N–H and O–H groups in total. The Morgan fingerprint density at radius 1 is 0.854 bits per heavy atom. The number of hydrogen-bond donors (Lipinski definition) is 3. The summed E-state index contributed by atoms with van der Waals surface area (Å²) in [5.74, 6) is -0.282. The molecular weight excluding hydrogens is 560 g/mol. The fourth-order valence-electron chi connectivity index (χ4n) is 3.91. The van der Waals surface area contributed by atoms with Crippen LogP contribution < -0.4 is 25.4 Å². The average Bonchev–Trinajstić information content (AvgIpc) is 3.30. The van der Waals surface area contributed by atoms with Crippen molar-refractivity contribution in [2.24, 2.45) is 0 Å². The maximum absolute atomic E-state index is 13.0. The topological polar surface area (TPSA) is 130 Å². The number of nitriles is 1. The number of hydrogen-bond acceptors (Lipinski definition) is 8. The molecule has 3 aromatic carbocycles. The van der Waals surface area contributed by atoms with E-state index in [1.165, 1.54) is 26.0 Å². The monoisotopic (exact) mass is 586 g/mol. The van der Waals surface area contributed by atoms with Crippen LogP contribution in [-0.2, 0) is 4.79 Å². The second-order valence-corrected chi connectivity index (χ2v) is 10.6. The second-order valence-electron chi connectivity index (χ2n) is 8.55. The van der Waals surface area contributed by atoms with E-state index in [0.717, 1.165) is 16.2 Å². The van der Waals surface area contributed by atoms with Gasteiger partial charge in [-0.2, -0.15) is 5.26 Å². The minimum atomic E-state index is -0.400. The third-order valence-electron chi connectivity index (χ3n) is 5.87. The molecule has 4 aromatic rings. The van der Waals surface area contributed by atoms with Gasteiger partial charge in [0.1, 0.15) is 28.1 Å². The Bertz CT molecular complexity index is 1610. The van der Waals surface area contributed by atoms with Crippen molar-refractivity contribution in [2.75, 3.05) is 35.9 Å². The molecule has 0 atom stereocenters. The molecule has 0 unspecified atom stereocenters. The van der Waals surface area contributed by atoms with E-state index in [0.29, 0.717) is 38.3 Å². The highest BCUT2D eigenvalue weighted by Crippen LogP contribution is 2.34. The minimum absolute atomic E-state index is 0.0467. The molecule has 0 aliphatic heterocycles. The molecule has 0 saturated heterocycles. The summed E-state index contributed by atoms with van der Waals surface area (Å²) in [5.41, 5.74) is 2.19. The zero-order valence-electron chi connectivity index (χ0n) is 22.4. The minimum Gasteiger partial charge on any atom is -0.496 e. The summed E-state index contributed by atoms with van der Waals surface area (Å²) in [7, 11) is 2.95. The van der Waals surface area contributed by atoms with Crippen LogP contribution >= 0.6 is 23.1 Å². The van der Waals surface area contributed by atoms with Gasteiger partial charge in [-0.25, -0.2) is 0 Å². The Labute approximate surface area is 245 Å². The van der Waals surface area contributed by atoms with Crippen molar-refractivity contribution in [3.05, 3.63) is 94.4 Å². The molecule has 208 valence electrons. The van der Waals surface area contributed by atoms with Crippen LogP contribution in [0, 0.1) is 18.3 Å². The number of methoxy groups -OCH3 is 2. The molecule has 0 bridgehead atoms. The van der Waals surface area contributed by atoms with Crippen LogP contribution in [0.2, 0.25) is 0 Å². The molecule has 9 nitrogen and oxygen atoms in total. The van der Waals surface area contributed by atoms with Gasteiger partial charge < -0.3 is 25.4 Å². The van der Waals surface area contributed by atoms with Gasteiger partial charge in [-0.15, -0.1) is 23.1 Å². The Balaban J connectivity index is 1.40. The number of carbonyl (C=O) groups excluding carboxylic acids is 3. The van der Waals surface area contributed by atoms with Crippen molar-refractivity contribution in [1.82, 2.24) is 0 Å². The molecule has 0 aliphatic rings. The molecule has 0 radical (unpaired) electrons. The van der Waals surface area contributed by atoms with Crippen LogP contribution in [0.3, 0.4) is 0 Å². The summed E-state index contributed by atoms with van der Waals surface area (Å²) in [6.07, 6.45) is 0. The molecule has 11 heteroatoms. The van der Waals surface area contributed by atoms with Gasteiger partial charge >= 0.3 is 0 Å². The standard InChI is InChI=1S/C30H26N4O5S2/c1-18-22(16-31)30(41-27(18)29(37)32-19-9-5-4-6-10-19)34-25(35)17-40-21-12-7-11-20(15-21)33-28(36)26-23(38-2)13-8-14-24(26)39-3/h4-15H,17H2,1-3H3,(H,32,37)(H,33,36)(H,34,35). The number of nitrogens with one attached hydrogen (secondary N) is 3. The van der Waals surface area contributed by atoms with Crippen molar-refractivity contribution in [2.45, 2.75) is 11.8 Å². The average molecular weight is 587 g/mol. The molecule has 41 heavy (non-hydrogen) atoms. The maximum atomic E-state index is 13.0. The van der Waals surface area contributed by atoms with Crippen LogP contribution in [-0.4, -0.2) is 37.7 Å². The van der Waals surface area contributed by atoms with E-state index in [9.17, 15) is 19.6 Å². The van der Waals surface area contributed by atoms with E-state index in [4.69, 9.17) is 9.47 Å². The van der Waals surface area contributed by atoms with Crippen LogP contribution in [0.4, 0.5) is 16.4 Å². The molecule has 0 fully saturated rings. The Morgan fingerprint density at radius 3 is 2.15 bits per heavy atom. The number of carbonyl (C=O) groups is 3. The molecule has 1 heterocycles. The Hall–Kier alpha value is -4.79. The zero-order chi connectivity index (χ0) is 29.4. The Morgan fingerprint density at radius 2 is 1.49 bits per heavy atom. The SMILES string of the molecule is COc1cccc(OC)c1C(=O)Nc1cccc(SCC(=O)Nc2sc(C(=O)Nc3ccccc3)c(C)c2C#N)c1. The van der Waals surface area contributed by atoms with Crippen LogP contribution in [0.15, 0.2) is 77.7 Å². The van der Waals surface area contributed by atoms with E-state index in [2.05, 4.69) is 22.0 Å². The van der Waals surface area contributed by atoms with Gasteiger partial charge in [0.25, 0.3) is 11.8 Å². The maximum Gasteiger partial charge on any atom is 0.266 e. The predicted molar refractivity (Wildman–Crippen MR) is 161 cm³/mol. The van der Waals surface area contributed by atoms with Crippen molar-refractivity contribution >= 4 is 57.2 Å². The number of ether oxygens (including phenoxy) is 2. The number of thioether (sulfide) groups is 1. The number of rotatable bonds is 10. The summed E-state index contributed by atoms with van der Waals surface area (Å²) in [5, 5.41) is 18.4. The van der Waals surface area contributed by atoms with Crippen LogP contribution in [0.5, 0.6) is 11.5 Å². The number of amides is 3. The number of nitrogens with zero attached hydrogens (tertiary/aromatic N) is 1. The molecular formula is C30H26N4O5S2. The van der Waals surface area contributed by atoms with Crippen LogP contribution in [0.1, 0.15) is 31.2 Å². The van der Waals surface area contributed by atoms with Gasteiger partial charge in [-0.3, -0.25) is 14.4 Å². The fraction of sp³-hybridized carbons (Fsp3) is 0.133. The summed E-state index contributed by atoms with van der Waals surface area (Å²) in [6, 6.07) is 23.2. The quantitative estimate of drug-likeness (QED) is 0.189. The lowest BCUT2D eigenvalue weighted by atomic mass is 10.1. The van der Waals surface area contributed by atoms with Gasteiger partial charge in [0.05, 0.1) is 30.4 Å². The lowest BCUT2D eigenvalue weighted by Gasteiger charge is -2.13. The van der Waals surface area contributed by atoms with Gasteiger partial charge in [0, 0.05) is 16.3 Å². The van der Waals surface area contributed by atoms with Crippen molar-refractivity contribution in [3.8, 4) is 17.6 Å². The molecule has 0 saturated carbocycles. The van der Waals surface area contributed by atoms with Gasteiger partial charge in [0.15, 0.2) is 0 Å². The predicted octanol–water partition coefficient (Wildman–Crippen LogP) is 6.18. The van der Waals surface area contributed by atoms with E-state index < -0.39 is 5.91 Å². The van der Waals surface area contributed by atoms with Crippen LogP contribution in [0.25, 0.3) is 0 Å². The van der Waals surface area contributed by atoms with Gasteiger partial charge in [-0.05, 0) is 55.0 Å². The molecule has 0 aliphatic carbocycles. The van der Waals surface area contributed by atoms with E-state index >= 15 is 0 Å². The summed E-state index contributed by atoms with van der Waals surface area (Å²) < 4.78 is 10.6. The third kappa shape index (κ3) is 7.05. The number of anilines is 3. The smallest absolute Gasteiger partial charge is 0.266 e. The summed E-state index contributed by atoms with van der Waals surface area (Å²) in [6.45, 7) is 1.68. The summed E-state index contributed by atoms with van der Waals surface area (Å²) >= 11 is 2.32. The van der Waals surface area contributed by atoms with E-state index in [-0.39, 0.29) is 28.7 Å². The zero-order valence-corrected chi connectivity index (χ0v) is 24.1.